The van der Waals surface area contributed by atoms with Gasteiger partial charge in [-0.1, -0.05) is 30.3 Å². The molecule has 0 spiro atoms. The third kappa shape index (κ3) is 5.45. The van der Waals surface area contributed by atoms with Crippen LogP contribution in [-0.2, 0) is 9.53 Å². The lowest BCUT2D eigenvalue weighted by molar-refractivity contribution is -0.127. The normalized spacial score (nSPS) is 25.1. The highest BCUT2D eigenvalue weighted by Crippen LogP contribution is 2.36. The number of amides is 1. The SMILES string of the molecule is COCC1(CNC(=O)C2CCC(c3ccccc3)CC2)CCNCC1.Cl. The van der Waals surface area contributed by atoms with Crippen molar-refractivity contribution in [3.05, 3.63) is 35.9 Å². The second-order valence-corrected chi connectivity index (χ2v) is 7.86. The second kappa shape index (κ2) is 10.3. The molecule has 1 aliphatic heterocycles. The largest absolute Gasteiger partial charge is 0.384 e. The first-order chi connectivity index (χ1) is 12.2. The molecular formula is C21H33ClN2O2. The van der Waals surface area contributed by atoms with Gasteiger partial charge < -0.3 is 15.4 Å². The Morgan fingerprint density at radius 3 is 2.42 bits per heavy atom. The Morgan fingerprint density at radius 2 is 1.81 bits per heavy atom. The number of carbonyl (C=O) groups excluding carboxylic acids is 1. The summed E-state index contributed by atoms with van der Waals surface area (Å²) in [6, 6.07) is 10.7. The van der Waals surface area contributed by atoms with Gasteiger partial charge in [0.1, 0.15) is 0 Å². The number of benzene rings is 1. The summed E-state index contributed by atoms with van der Waals surface area (Å²) < 4.78 is 5.45. The lowest BCUT2D eigenvalue weighted by atomic mass is 9.77. The van der Waals surface area contributed by atoms with Gasteiger partial charge in [-0.3, -0.25) is 4.79 Å². The molecule has 5 heteroatoms. The molecule has 1 aromatic rings. The van der Waals surface area contributed by atoms with Crippen LogP contribution in [0.5, 0.6) is 0 Å². The summed E-state index contributed by atoms with van der Waals surface area (Å²) in [6.45, 7) is 3.51. The number of carbonyl (C=O) groups is 1. The molecule has 4 nitrogen and oxygen atoms in total. The highest BCUT2D eigenvalue weighted by molar-refractivity contribution is 5.85. The van der Waals surface area contributed by atoms with Crippen LogP contribution in [0.1, 0.15) is 50.0 Å². The van der Waals surface area contributed by atoms with Crippen LogP contribution in [0.15, 0.2) is 30.3 Å². The standard InChI is InChI=1S/C21H32N2O2.ClH/c1-25-16-21(11-13-22-14-12-21)15-23-20(24)19-9-7-18(8-10-19)17-5-3-2-4-6-17;/h2-6,18-19,22H,7-16H2,1H3,(H,23,24);1H. The van der Waals surface area contributed by atoms with Gasteiger partial charge in [-0.25, -0.2) is 0 Å². The Labute approximate surface area is 163 Å². The van der Waals surface area contributed by atoms with E-state index < -0.39 is 0 Å². The zero-order valence-electron chi connectivity index (χ0n) is 15.8. The topological polar surface area (TPSA) is 50.4 Å². The number of nitrogens with one attached hydrogen (secondary N) is 2. The average Bonchev–Trinajstić information content (AvgIpc) is 2.68. The molecule has 1 amide bonds. The predicted molar refractivity (Wildman–Crippen MR) is 108 cm³/mol. The molecule has 0 bridgehead atoms. The first-order valence-electron chi connectivity index (χ1n) is 9.75. The van der Waals surface area contributed by atoms with Crippen LogP contribution in [0.3, 0.4) is 0 Å². The fourth-order valence-corrected chi connectivity index (χ4v) is 4.47. The fourth-order valence-electron chi connectivity index (χ4n) is 4.47. The Hall–Kier alpha value is -1.10. The molecule has 0 unspecified atom stereocenters. The van der Waals surface area contributed by atoms with Gasteiger partial charge in [-0.2, -0.15) is 0 Å². The van der Waals surface area contributed by atoms with E-state index in [1.165, 1.54) is 5.56 Å². The highest BCUT2D eigenvalue weighted by atomic mass is 35.5. The van der Waals surface area contributed by atoms with Gasteiger partial charge >= 0.3 is 0 Å². The van der Waals surface area contributed by atoms with Crippen molar-refractivity contribution in [1.82, 2.24) is 10.6 Å². The van der Waals surface area contributed by atoms with E-state index >= 15 is 0 Å². The van der Waals surface area contributed by atoms with E-state index in [4.69, 9.17) is 4.74 Å². The minimum atomic E-state index is 0. The van der Waals surface area contributed by atoms with Crippen LogP contribution in [0.25, 0.3) is 0 Å². The maximum absolute atomic E-state index is 12.7. The number of rotatable bonds is 6. The van der Waals surface area contributed by atoms with Crippen LogP contribution >= 0.6 is 12.4 Å². The van der Waals surface area contributed by atoms with Gasteiger partial charge in [0.05, 0.1) is 6.61 Å². The minimum absolute atomic E-state index is 0. The Kier molecular flexibility index (Phi) is 8.39. The molecule has 26 heavy (non-hydrogen) atoms. The molecule has 146 valence electrons. The van der Waals surface area contributed by atoms with Crippen molar-refractivity contribution in [2.24, 2.45) is 11.3 Å². The lowest BCUT2D eigenvalue weighted by Crippen LogP contribution is -2.48. The zero-order chi connectivity index (χ0) is 17.5. The number of methoxy groups -OCH3 is 1. The smallest absolute Gasteiger partial charge is 0.223 e. The summed E-state index contributed by atoms with van der Waals surface area (Å²) in [5.74, 6) is 1.05. The van der Waals surface area contributed by atoms with Crippen molar-refractivity contribution in [2.45, 2.75) is 44.4 Å². The van der Waals surface area contributed by atoms with Crippen LogP contribution in [0.2, 0.25) is 0 Å². The van der Waals surface area contributed by atoms with Crippen molar-refractivity contribution in [3.8, 4) is 0 Å². The van der Waals surface area contributed by atoms with E-state index in [2.05, 4.69) is 41.0 Å². The van der Waals surface area contributed by atoms with Crippen LogP contribution in [0.4, 0.5) is 0 Å². The van der Waals surface area contributed by atoms with Crippen LogP contribution in [-0.4, -0.2) is 39.3 Å². The maximum atomic E-state index is 12.7. The molecule has 3 rings (SSSR count). The summed E-state index contributed by atoms with van der Waals surface area (Å²) in [5, 5.41) is 6.66. The number of ether oxygens (including phenoxy) is 1. The molecule has 0 atom stereocenters. The van der Waals surface area contributed by atoms with Crippen LogP contribution < -0.4 is 10.6 Å². The summed E-state index contributed by atoms with van der Waals surface area (Å²) >= 11 is 0. The van der Waals surface area contributed by atoms with E-state index in [-0.39, 0.29) is 29.6 Å². The van der Waals surface area contributed by atoms with E-state index in [0.717, 1.165) is 64.8 Å². The molecule has 2 fully saturated rings. The summed E-state index contributed by atoms with van der Waals surface area (Å²) in [5.41, 5.74) is 1.53. The van der Waals surface area contributed by atoms with Gasteiger partial charge in [0.25, 0.3) is 0 Å². The maximum Gasteiger partial charge on any atom is 0.223 e. The molecule has 0 radical (unpaired) electrons. The fraction of sp³-hybridized carbons (Fsp3) is 0.667. The number of hydrogen-bond acceptors (Lipinski definition) is 3. The van der Waals surface area contributed by atoms with Crippen molar-refractivity contribution >= 4 is 18.3 Å². The van der Waals surface area contributed by atoms with Gasteiger partial charge in [0.15, 0.2) is 0 Å². The van der Waals surface area contributed by atoms with Crippen molar-refractivity contribution in [2.75, 3.05) is 33.4 Å². The highest BCUT2D eigenvalue weighted by Gasteiger charge is 2.34. The number of piperidine rings is 1. The minimum Gasteiger partial charge on any atom is -0.384 e. The van der Waals surface area contributed by atoms with E-state index in [1.54, 1.807) is 7.11 Å². The van der Waals surface area contributed by atoms with Crippen molar-refractivity contribution in [3.63, 3.8) is 0 Å². The Balaban J connectivity index is 0.00000243. The Morgan fingerprint density at radius 1 is 1.15 bits per heavy atom. The monoisotopic (exact) mass is 380 g/mol. The zero-order valence-corrected chi connectivity index (χ0v) is 16.7. The molecule has 2 aliphatic rings. The third-order valence-electron chi connectivity index (χ3n) is 6.12. The molecule has 1 heterocycles. The van der Waals surface area contributed by atoms with E-state index in [0.29, 0.717) is 5.92 Å². The van der Waals surface area contributed by atoms with Gasteiger partial charge in [-0.05, 0) is 63.1 Å². The van der Waals surface area contributed by atoms with Crippen molar-refractivity contribution in [1.29, 1.82) is 0 Å². The molecule has 0 aromatic heterocycles. The van der Waals surface area contributed by atoms with Gasteiger partial charge in [0.2, 0.25) is 5.91 Å². The first kappa shape index (κ1) is 21.2. The molecule has 1 saturated heterocycles. The first-order valence-corrected chi connectivity index (χ1v) is 9.75. The van der Waals surface area contributed by atoms with E-state index in [9.17, 15) is 4.79 Å². The average molecular weight is 381 g/mol. The van der Waals surface area contributed by atoms with E-state index in [1.807, 2.05) is 0 Å². The lowest BCUT2D eigenvalue weighted by Gasteiger charge is -2.38. The summed E-state index contributed by atoms with van der Waals surface area (Å²) in [6.07, 6.45) is 6.39. The van der Waals surface area contributed by atoms with Gasteiger partial charge in [-0.15, -0.1) is 12.4 Å². The molecular weight excluding hydrogens is 348 g/mol. The molecule has 1 aliphatic carbocycles. The summed E-state index contributed by atoms with van der Waals surface area (Å²) in [4.78, 5) is 12.7. The summed E-state index contributed by atoms with van der Waals surface area (Å²) in [7, 11) is 1.76. The predicted octanol–water partition coefficient (Wildman–Crippen LogP) is 3.51. The van der Waals surface area contributed by atoms with Crippen LogP contribution in [0, 0.1) is 11.3 Å². The molecule has 2 N–H and O–H groups in total. The van der Waals surface area contributed by atoms with Gasteiger partial charge in [0, 0.05) is 25.0 Å². The Bertz CT molecular complexity index is 533. The number of halogens is 1. The second-order valence-electron chi connectivity index (χ2n) is 7.86. The molecule has 1 aromatic carbocycles. The van der Waals surface area contributed by atoms with Crippen molar-refractivity contribution < 1.29 is 9.53 Å². The third-order valence-corrected chi connectivity index (χ3v) is 6.12. The number of hydrogen-bond donors (Lipinski definition) is 2. The quantitative estimate of drug-likeness (QED) is 0.793. The molecule has 1 saturated carbocycles.